The highest BCUT2D eigenvalue weighted by atomic mass is 16.5. The van der Waals surface area contributed by atoms with Gasteiger partial charge in [-0.3, -0.25) is 4.79 Å². The summed E-state index contributed by atoms with van der Waals surface area (Å²) in [6.07, 6.45) is 6.62. The lowest BCUT2D eigenvalue weighted by Gasteiger charge is -2.33. The fraction of sp³-hybridized carbons (Fsp3) is 0.435. The van der Waals surface area contributed by atoms with Gasteiger partial charge in [0.1, 0.15) is 0 Å². The fourth-order valence-corrected chi connectivity index (χ4v) is 3.83. The molecule has 1 aliphatic rings. The van der Waals surface area contributed by atoms with Crippen molar-refractivity contribution in [3.05, 3.63) is 65.2 Å². The molecule has 144 valence electrons. The molecule has 2 aromatic carbocycles. The van der Waals surface area contributed by atoms with Crippen LogP contribution in [0.25, 0.3) is 0 Å². The highest BCUT2D eigenvalue weighted by molar-refractivity contribution is 5.95. The summed E-state index contributed by atoms with van der Waals surface area (Å²) in [7, 11) is 3.83. The lowest BCUT2D eigenvalue weighted by molar-refractivity contribution is 0.0946. The van der Waals surface area contributed by atoms with Crippen molar-refractivity contribution in [1.82, 2.24) is 5.32 Å². The van der Waals surface area contributed by atoms with Crippen molar-refractivity contribution in [2.45, 2.75) is 51.3 Å². The van der Waals surface area contributed by atoms with Crippen LogP contribution in [-0.2, 0) is 17.9 Å². The normalized spacial score (nSPS) is 14.7. The number of ether oxygens (including phenoxy) is 1. The van der Waals surface area contributed by atoms with Gasteiger partial charge in [-0.15, -0.1) is 0 Å². The molecule has 4 nitrogen and oxygen atoms in total. The molecule has 0 bridgehead atoms. The number of nitrogens with one attached hydrogen (secondary N) is 1. The van der Waals surface area contributed by atoms with Crippen LogP contribution in [0.5, 0.6) is 0 Å². The quantitative estimate of drug-likeness (QED) is 0.783. The predicted octanol–water partition coefficient (Wildman–Crippen LogP) is 4.53. The van der Waals surface area contributed by atoms with Gasteiger partial charge in [-0.2, -0.15) is 0 Å². The second kappa shape index (κ2) is 9.56. The maximum absolute atomic E-state index is 12.5. The third-order valence-corrected chi connectivity index (χ3v) is 5.48. The first-order chi connectivity index (χ1) is 13.2. The minimum atomic E-state index is -0.0638. The third-order valence-electron chi connectivity index (χ3n) is 5.48. The van der Waals surface area contributed by atoms with E-state index in [-0.39, 0.29) is 5.91 Å². The molecule has 4 heteroatoms. The molecule has 0 radical (unpaired) electrons. The number of amides is 1. The van der Waals surface area contributed by atoms with Crippen LogP contribution in [0.1, 0.15) is 53.6 Å². The zero-order valence-electron chi connectivity index (χ0n) is 16.4. The van der Waals surface area contributed by atoms with Crippen LogP contribution in [-0.4, -0.2) is 26.1 Å². The Hall–Kier alpha value is -2.33. The second-order valence-corrected chi connectivity index (χ2v) is 7.34. The number of anilines is 1. The Bertz CT molecular complexity index is 736. The molecular formula is C23H30N2O2. The van der Waals surface area contributed by atoms with Crippen molar-refractivity contribution >= 4 is 11.6 Å². The Morgan fingerprint density at radius 1 is 1.07 bits per heavy atom. The number of benzene rings is 2. The molecule has 1 N–H and O–H groups in total. The molecule has 0 saturated heterocycles. The first kappa shape index (κ1) is 19.4. The Kier molecular flexibility index (Phi) is 6.88. The number of rotatable bonds is 7. The number of methoxy groups -OCH3 is 1. The summed E-state index contributed by atoms with van der Waals surface area (Å²) in [4.78, 5) is 14.9. The van der Waals surface area contributed by atoms with E-state index in [4.69, 9.17) is 4.74 Å². The summed E-state index contributed by atoms with van der Waals surface area (Å²) >= 11 is 0. The van der Waals surface area contributed by atoms with Gasteiger partial charge in [0, 0.05) is 38.0 Å². The number of nitrogens with zero attached hydrogens (tertiary/aromatic N) is 1. The minimum absolute atomic E-state index is 0.0638. The standard InChI is InChI=1S/C23H30N2O2/c1-25(20-9-4-3-5-10-20)21-14-12-18(13-15-21)16-24-23(26)22-11-7-6-8-19(22)17-27-2/h6-8,11-15,20H,3-5,9-10,16-17H2,1-2H3,(H,24,26). The molecule has 0 aliphatic heterocycles. The lowest BCUT2D eigenvalue weighted by Crippen LogP contribution is -2.33. The van der Waals surface area contributed by atoms with Crippen LogP contribution in [0.4, 0.5) is 5.69 Å². The molecule has 27 heavy (non-hydrogen) atoms. The molecule has 1 fully saturated rings. The van der Waals surface area contributed by atoms with E-state index in [0.29, 0.717) is 24.8 Å². The van der Waals surface area contributed by atoms with Gasteiger partial charge < -0.3 is 15.0 Å². The second-order valence-electron chi connectivity index (χ2n) is 7.34. The molecule has 3 rings (SSSR count). The monoisotopic (exact) mass is 366 g/mol. The van der Waals surface area contributed by atoms with Crippen LogP contribution in [0, 0.1) is 0 Å². The van der Waals surface area contributed by atoms with Gasteiger partial charge in [-0.1, -0.05) is 49.6 Å². The van der Waals surface area contributed by atoms with Gasteiger partial charge in [0.15, 0.2) is 0 Å². The summed E-state index contributed by atoms with van der Waals surface area (Å²) < 4.78 is 5.18. The van der Waals surface area contributed by atoms with E-state index in [2.05, 4.69) is 41.5 Å². The SMILES string of the molecule is COCc1ccccc1C(=O)NCc1ccc(N(C)C2CCCCC2)cc1. The zero-order chi connectivity index (χ0) is 19.1. The van der Waals surface area contributed by atoms with E-state index in [9.17, 15) is 4.79 Å². The van der Waals surface area contributed by atoms with E-state index < -0.39 is 0 Å². The van der Waals surface area contributed by atoms with E-state index >= 15 is 0 Å². The number of carbonyl (C=O) groups excluding carboxylic acids is 1. The largest absolute Gasteiger partial charge is 0.380 e. The Morgan fingerprint density at radius 2 is 1.78 bits per heavy atom. The number of hydrogen-bond donors (Lipinski definition) is 1. The Labute approximate surface area is 162 Å². The molecule has 1 aliphatic carbocycles. The van der Waals surface area contributed by atoms with E-state index in [1.54, 1.807) is 7.11 Å². The highest BCUT2D eigenvalue weighted by Crippen LogP contribution is 2.26. The molecule has 0 aromatic heterocycles. The topological polar surface area (TPSA) is 41.6 Å². The van der Waals surface area contributed by atoms with Crippen LogP contribution in [0.2, 0.25) is 0 Å². The molecule has 1 amide bonds. The van der Waals surface area contributed by atoms with Crippen molar-refractivity contribution in [1.29, 1.82) is 0 Å². The Morgan fingerprint density at radius 3 is 2.48 bits per heavy atom. The third kappa shape index (κ3) is 5.10. The smallest absolute Gasteiger partial charge is 0.251 e. The van der Waals surface area contributed by atoms with Crippen molar-refractivity contribution in [2.75, 3.05) is 19.1 Å². The van der Waals surface area contributed by atoms with Crippen LogP contribution in [0.15, 0.2) is 48.5 Å². The van der Waals surface area contributed by atoms with Crippen molar-refractivity contribution in [3.63, 3.8) is 0 Å². The van der Waals surface area contributed by atoms with Gasteiger partial charge in [0.05, 0.1) is 6.61 Å². The zero-order valence-corrected chi connectivity index (χ0v) is 16.4. The average molecular weight is 367 g/mol. The van der Waals surface area contributed by atoms with Gasteiger partial charge in [0.25, 0.3) is 5.91 Å². The summed E-state index contributed by atoms with van der Waals surface area (Å²) in [5, 5.41) is 3.02. The van der Waals surface area contributed by atoms with E-state index in [1.807, 2.05) is 24.3 Å². The summed E-state index contributed by atoms with van der Waals surface area (Å²) in [6.45, 7) is 0.958. The van der Waals surface area contributed by atoms with Gasteiger partial charge in [-0.25, -0.2) is 0 Å². The summed E-state index contributed by atoms with van der Waals surface area (Å²) in [5.41, 5.74) is 3.94. The van der Waals surface area contributed by atoms with Gasteiger partial charge in [-0.05, 0) is 42.2 Å². The number of carbonyl (C=O) groups is 1. The molecule has 0 unspecified atom stereocenters. The molecule has 1 saturated carbocycles. The molecule has 0 heterocycles. The van der Waals surface area contributed by atoms with Crippen molar-refractivity contribution in [2.24, 2.45) is 0 Å². The lowest BCUT2D eigenvalue weighted by atomic mass is 9.94. The van der Waals surface area contributed by atoms with Gasteiger partial charge in [0.2, 0.25) is 0 Å². The maximum atomic E-state index is 12.5. The minimum Gasteiger partial charge on any atom is -0.380 e. The van der Waals surface area contributed by atoms with E-state index in [1.165, 1.54) is 37.8 Å². The Balaban J connectivity index is 1.58. The summed E-state index contributed by atoms with van der Waals surface area (Å²) in [5.74, 6) is -0.0638. The molecule has 0 spiro atoms. The van der Waals surface area contributed by atoms with Crippen molar-refractivity contribution in [3.8, 4) is 0 Å². The van der Waals surface area contributed by atoms with Crippen LogP contribution < -0.4 is 10.2 Å². The van der Waals surface area contributed by atoms with Crippen LogP contribution >= 0.6 is 0 Å². The molecule has 2 aromatic rings. The van der Waals surface area contributed by atoms with Crippen LogP contribution in [0.3, 0.4) is 0 Å². The summed E-state index contributed by atoms with van der Waals surface area (Å²) in [6, 6.07) is 16.8. The first-order valence-electron chi connectivity index (χ1n) is 9.86. The number of hydrogen-bond acceptors (Lipinski definition) is 3. The highest BCUT2D eigenvalue weighted by Gasteiger charge is 2.18. The fourth-order valence-electron chi connectivity index (χ4n) is 3.83. The molecular weight excluding hydrogens is 336 g/mol. The first-order valence-corrected chi connectivity index (χ1v) is 9.86. The predicted molar refractivity (Wildman–Crippen MR) is 110 cm³/mol. The molecule has 0 atom stereocenters. The van der Waals surface area contributed by atoms with Crippen molar-refractivity contribution < 1.29 is 9.53 Å². The van der Waals surface area contributed by atoms with Gasteiger partial charge >= 0.3 is 0 Å². The van der Waals surface area contributed by atoms with E-state index in [0.717, 1.165) is 11.1 Å². The maximum Gasteiger partial charge on any atom is 0.251 e. The average Bonchev–Trinajstić information content (AvgIpc) is 2.73.